The third-order valence-electron chi connectivity index (χ3n) is 5.03. The summed E-state index contributed by atoms with van der Waals surface area (Å²) in [4.78, 5) is 24.5. The Morgan fingerprint density at radius 1 is 0.743 bits per heavy atom. The van der Waals surface area contributed by atoms with Crippen LogP contribution in [0.3, 0.4) is 0 Å². The molecule has 0 bridgehead atoms. The van der Waals surface area contributed by atoms with Crippen molar-refractivity contribution in [2.45, 2.75) is 25.7 Å². The number of fused-ring (bicyclic) bond motifs is 2. The molecule has 0 aliphatic carbocycles. The number of carbonyl (C=O) groups excluding carboxylic acids is 2. The fourth-order valence-electron chi connectivity index (χ4n) is 3.45. The molecule has 6 nitrogen and oxygen atoms in total. The Labute approximate surface area is 209 Å². The number of carbonyl (C=O) groups is 2. The molecule has 0 fully saturated rings. The second kappa shape index (κ2) is 12.3. The van der Waals surface area contributed by atoms with Crippen molar-refractivity contribution in [3.8, 4) is 11.5 Å². The van der Waals surface area contributed by atoms with Gasteiger partial charge < -0.3 is 18.9 Å². The molecule has 3 aromatic carbocycles. The molecule has 0 saturated carbocycles. The summed E-state index contributed by atoms with van der Waals surface area (Å²) in [6, 6.07) is 14.0. The van der Waals surface area contributed by atoms with Crippen LogP contribution in [0.1, 0.15) is 20.8 Å². The van der Waals surface area contributed by atoms with Crippen LogP contribution in [0.4, 0.5) is 0 Å². The van der Waals surface area contributed by atoms with E-state index >= 15 is 0 Å². The van der Waals surface area contributed by atoms with E-state index in [0.717, 1.165) is 32.2 Å². The van der Waals surface area contributed by atoms with E-state index < -0.39 is 11.9 Å². The summed E-state index contributed by atoms with van der Waals surface area (Å²) in [5.41, 5.74) is 0.690. The Balaban J connectivity index is 1.97. The molecule has 0 aliphatic rings. The summed E-state index contributed by atoms with van der Waals surface area (Å²) in [7, 11) is 0. The second-order valence-electron chi connectivity index (χ2n) is 7.87. The van der Waals surface area contributed by atoms with Gasteiger partial charge >= 0.3 is 11.9 Å². The molecule has 0 unspecified atom stereocenters. The van der Waals surface area contributed by atoms with Crippen molar-refractivity contribution < 1.29 is 28.5 Å². The molecule has 0 atom stereocenters. The Morgan fingerprint density at radius 2 is 1.23 bits per heavy atom. The zero-order valence-corrected chi connectivity index (χ0v) is 21.2. The molecule has 0 radical (unpaired) electrons. The summed E-state index contributed by atoms with van der Waals surface area (Å²) < 4.78 is 22.7. The summed E-state index contributed by atoms with van der Waals surface area (Å²) in [5.74, 6) is 1.43. The van der Waals surface area contributed by atoms with Gasteiger partial charge in [-0.3, -0.25) is 0 Å². The van der Waals surface area contributed by atoms with Gasteiger partial charge in [-0.15, -0.1) is 11.8 Å². The van der Waals surface area contributed by atoms with E-state index in [1.165, 1.54) is 0 Å². The highest BCUT2D eigenvalue weighted by atomic mass is 32.2. The summed E-state index contributed by atoms with van der Waals surface area (Å²) >= 11 is 1.73. The maximum absolute atomic E-state index is 11.7. The Bertz CT molecular complexity index is 1260. The predicted octanol–water partition coefficient (Wildman–Crippen LogP) is 6.10. The van der Waals surface area contributed by atoms with Crippen molar-refractivity contribution in [2.24, 2.45) is 0 Å². The number of rotatable bonds is 12. The first kappa shape index (κ1) is 26.2. The number of ether oxygens (including phenoxy) is 4. The maximum Gasteiger partial charge on any atom is 0.333 e. The summed E-state index contributed by atoms with van der Waals surface area (Å²) in [6.07, 6.45) is 0. The topological polar surface area (TPSA) is 71.1 Å². The SMILES string of the molecule is C=C(C)C(=O)OCCOc1c2ccccc2c(OCCOC(=O)C(=C)C)c2cc(SCC)ccc12. The highest BCUT2D eigenvalue weighted by molar-refractivity contribution is 7.99. The third kappa shape index (κ3) is 6.57. The normalized spacial score (nSPS) is 10.7. The third-order valence-corrected chi connectivity index (χ3v) is 5.91. The van der Waals surface area contributed by atoms with Gasteiger partial charge in [-0.2, -0.15) is 0 Å². The van der Waals surface area contributed by atoms with Crippen LogP contribution in [-0.2, 0) is 19.1 Å². The number of thioether (sulfide) groups is 1. The fraction of sp³-hybridized carbons (Fsp3) is 0.286. The highest BCUT2D eigenvalue weighted by Crippen LogP contribution is 2.44. The number of hydrogen-bond donors (Lipinski definition) is 0. The molecular formula is C28H30O6S. The highest BCUT2D eigenvalue weighted by Gasteiger charge is 2.17. The summed E-state index contributed by atoms with van der Waals surface area (Å²) in [5, 5.41) is 3.52. The maximum atomic E-state index is 11.7. The lowest BCUT2D eigenvalue weighted by atomic mass is 10.0. The quantitative estimate of drug-likeness (QED) is 0.0990. The minimum Gasteiger partial charge on any atom is -0.489 e. The van der Waals surface area contributed by atoms with Gasteiger partial charge in [0.1, 0.15) is 37.9 Å². The second-order valence-corrected chi connectivity index (χ2v) is 9.21. The molecule has 0 aromatic heterocycles. The Kier molecular flexibility index (Phi) is 9.20. The van der Waals surface area contributed by atoms with Crippen molar-refractivity contribution in [1.29, 1.82) is 0 Å². The minimum absolute atomic E-state index is 0.108. The number of hydrogen-bond acceptors (Lipinski definition) is 7. The van der Waals surface area contributed by atoms with E-state index in [2.05, 4.69) is 32.2 Å². The van der Waals surface area contributed by atoms with Crippen LogP contribution in [-0.4, -0.2) is 44.1 Å². The van der Waals surface area contributed by atoms with Crippen LogP contribution in [0.2, 0.25) is 0 Å². The fourth-order valence-corrected chi connectivity index (χ4v) is 4.15. The largest absolute Gasteiger partial charge is 0.489 e. The lowest BCUT2D eigenvalue weighted by Gasteiger charge is -2.18. The van der Waals surface area contributed by atoms with Gasteiger partial charge in [0.15, 0.2) is 0 Å². The van der Waals surface area contributed by atoms with Crippen LogP contribution >= 0.6 is 11.8 Å². The van der Waals surface area contributed by atoms with Crippen molar-refractivity contribution in [1.82, 2.24) is 0 Å². The van der Waals surface area contributed by atoms with E-state index in [0.29, 0.717) is 22.6 Å². The molecule has 0 spiro atoms. The van der Waals surface area contributed by atoms with Gasteiger partial charge in [0.05, 0.1) is 0 Å². The summed E-state index contributed by atoms with van der Waals surface area (Å²) in [6.45, 7) is 13.1. The monoisotopic (exact) mass is 494 g/mol. The zero-order chi connectivity index (χ0) is 25.4. The van der Waals surface area contributed by atoms with E-state index in [1.807, 2.05) is 30.3 Å². The van der Waals surface area contributed by atoms with Gasteiger partial charge in [0.25, 0.3) is 0 Å². The van der Waals surface area contributed by atoms with Crippen LogP contribution < -0.4 is 9.47 Å². The smallest absolute Gasteiger partial charge is 0.333 e. The molecule has 184 valence electrons. The van der Waals surface area contributed by atoms with E-state index in [9.17, 15) is 9.59 Å². The van der Waals surface area contributed by atoms with E-state index in [1.54, 1.807) is 25.6 Å². The van der Waals surface area contributed by atoms with Crippen molar-refractivity contribution in [3.05, 3.63) is 66.8 Å². The molecule has 3 rings (SSSR count). The van der Waals surface area contributed by atoms with Crippen LogP contribution in [0, 0.1) is 0 Å². The molecule has 0 saturated heterocycles. The van der Waals surface area contributed by atoms with E-state index in [-0.39, 0.29) is 26.4 Å². The van der Waals surface area contributed by atoms with Gasteiger partial charge in [0, 0.05) is 37.6 Å². The zero-order valence-electron chi connectivity index (χ0n) is 20.3. The Hall–Kier alpha value is -3.45. The first-order chi connectivity index (χ1) is 16.8. The molecule has 0 aliphatic heterocycles. The average Bonchev–Trinajstić information content (AvgIpc) is 2.84. The van der Waals surface area contributed by atoms with Gasteiger partial charge in [0.2, 0.25) is 0 Å². The van der Waals surface area contributed by atoms with Crippen LogP contribution in [0.15, 0.2) is 71.7 Å². The molecule has 0 N–H and O–H groups in total. The average molecular weight is 495 g/mol. The molecule has 0 heterocycles. The van der Waals surface area contributed by atoms with Crippen molar-refractivity contribution in [3.63, 3.8) is 0 Å². The van der Waals surface area contributed by atoms with Crippen LogP contribution in [0.25, 0.3) is 21.5 Å². The standard InChI is InChI=1S/C28H30O6S/c1-6-35-20-11-12-23-24(17-20)26(32-14-16-34-28(30)19(4)5)22-10-8-7-9-21(22)25(23)31-13-15-33-27(29)18(2)3/h7-12,17H,2,4,6,13-16H2,1,3,5H3. The first-order valence-electron chi connectivity index (χ1n) is 11.4. The molecule has 3 aromatic rings. The molecule has 7 heteroatoms. The molecular weight excluding hydrogens is 464 g/mol. The van der Waals surface area contributed by atoms with Gasteiger partial charge in [-0.05, 0) is 37.8 Å². The van der Waals surface area contributed by atoms with Crippen molar-refractivity contribution in [2.75, 3.05) is 32.2 Å². The van der Waals surface area contributed by atoms with E-state index in [4.69, 9.17) is 18.9 Å². The van der Waals surface area contributed by atoms with Crippen LogP contribution in [0.5, 0.6) is 11.5 Å². The van der Waals surface area contributed by atoms with Crippen molar-refractivity contribution >= 4 is 45.2 Å². The van der Waals surface area contributed by atoms with Gasteiger partial charge in [-0.25, -0.2) is 9.59 Å². The number of benzene rings is 3. The number of esters is 2. The molecule has 35 heavy (non-hydrogen) atoms. The predicted molar refractivity (Wildman–Crippen MR) is 140 cm³/mol. The molecule has 0 amide bonds. The Morgan fingerprint density at radius 3 is 1.71 bits per heavy atom. The van der Waals surface area contributed by atoms with Gasteiger partial charge in [-0.1, -0.05) is 44.3 Å². The first-order valence-corrected chi connectivity index (χ1v) is 12.3. The lowest BCUT2D eigenvalue weighted by Crippen LogP contribution is -2.13. The lowest BCUT2D eigenvalue weighted by molar-refractivity contribution is -0.140. The minimum atomic E-state index is -0.444.